The molecule has 9 heteroatoms. The van der Waals surface area contributed by atoms with E-state index in [2.05, 4.69) is 26.5 Å². The number of nitriles is 1. The molecule has 0 saturated heterocycles. The van der Waals surface area contributed by atoms with Crippen molar-refractivity contribution in [2.45, 2.75) is 5.16 Å². The van der Waals surface area contributed by atoms with Gasteiger partial charge in [0.1, 0.15) is 17.4 Å². The number of fused-ring (bicyclic) bond motifs is 1. The number of imidazole rings is 1. The largest absolute Gasteiger partial charge is 0.497 e. The minimum atomic E-state index is -0.262. The second-order valence-corrected chi connectivity index (χ2v) is 6.99. The van der Waals surface area contributed by atoms with E-state index < -0.39 is 0 Å². The molecule has 0 aliphatic heterocycles. The number of methoxy groups -OCH3 is 1. The predicted molar refractivity (Wildman–Crippen MR) is 110 cm³/mol. The Balaban J connectivity index is 1.48. The lowest BCUT2D eigenvalue weighted by Gasteiger charge is -2.09. The highest BCUT2D eigenvalue weighted by molar-refractivity contribution is 7.99. The van der Waals surface area contributed by atoms with Gasteiger partial charge in [-0.2, -0.15) is 10.4 Å². The number of nitrogens with zero attached hydrogens (tertiary/aromatic N) is 4. The van der Waals surface area contributed by atoms with Crippen molar-refractivity contribution in [3.05, 3.63) is 60.3 Å². The summed E-state index contributed by atoms with van der Waals surface area (Å²) in [6.07, 6.45) is 1.43. The molecule has 0 radical (unpaired) electrons. The van der Waals surface area contributed by atoms with E-state index in [4.69, 9.17) is 4.74 Å². The molecule has 4 rings (SSSR count). The van der Waals surface area contributed by atoms with E-state index in [1.54, 1.807) is 7.11 Å². The zero-order valence-corrected chi connectivity index (χ0v) is 16.2. The Bertz CT molecular complexity index is 1210. The highest BCUT2D eigenvalue weighted by Crippen LogP contribution is 2.24. The van der Waals surface area contributed by atoms with E-state index >= 15 is 0 Å². The van der Waals surface area contributed by atoms with Crippen LogP contribution in [-0.4, -0.2) is 38.5 Å². The van der Waals surface area contributed by atoms with Crippen LogP contribution in [0.2, 0.25) is 0 Å². The Morgan fingerprint density at radius 1 is 1.31 bits per heavy atom. The summed E-state index contributed by atoms with van der Waals surface area (Å²) in [5, 5.41) is 17.0. The van der Waals surface area contributed by atoms with E-state index in [1.807, 2.05) is 48.5 Å². The maximum atomic E-state index is 12.5. The number of ether oxygens (including phenoxy) is 1. The van der Waals surface area contributed by atoms with Gasteiger partial charge in [0.05, 0.1) is 35.8 Å². The third-order valence-corrected chi connectivity index (χ3v) is 5.03. The summed E-state index contributed by atoms with van der Waals surface area (Å²) >= 11 is 1.27. The molecule has 144 valence electrons. The number of rotatable bonds is 6. The van der Waals surface area contributed by atoms with Crippen molar-refractivity contribution < 1.29 is 9.53 Å². The molecule has 0 bridgehead atoms. The summed E-state index contributed by atoms with van der Waals surface area (Å²) in [4.78, 5) is 20.1. The average Bonchev–Trinajstić information content (AvgIpc) is 3.35. The third kappa shape index (κ3) is 3.93. The number of amides is 1. The standard InChI is InChI=1S/C20H16N6O2S/c1-28-15-7-8-16-17(9-15)24-20(23-16)29-12-18(27)25-19-13(10-21)11-22-26(19)14-5-3-2-4-6-14/h2-9,11H,12H2,1H3,(H,23,24)(H,25,27). The summed E-state index contributed by atoms with van der Waals surface area (Å²) in [6, 6.07) is 16.9. The molecule has 0 aliphatic rings. The average molecular weight is 404 g/mol. The summed E-state index contributed by atoms with van der Waals surface area (Å²) in [6.45, 7) is 0. The molecule has 2 aromatic heterocycles. The van der Waals surface area contributed by atoms with Gasteiger partial charge in [-0.1, -0.05) is 30.0 Å². The van der Waals surface area contributed by atoms with E-state index in [0.717, 1.165) is 22.5 Å². The number of hydrogen-bond acceptors (Lipinski definition) is 6. The lowest BCUT2D eigenvalue weighted by molar-refractivity contribution is -0.113. The van der Waals surface area contributed by atoms with Crippen molar-refractivity contribution in [1.29, 1.82) is 5.26 Å². The van der Waals surface area contributed by atoms with Gasteiger partial charge >= 0.3 is 0 Å². The summed E-state index contributed by atoms with van der Waals surface area (Å²) in [5.41, 5.74) is 2.68. The van der Waals surface area contributed by atoms with Gasteiger partial charge in [0.25, 0.3) is 0 Å². The predicted octanol–water partition coefficient (Wildman–Crippen LogP) is 3.36. The van der Waals surface area contributed by atoms with E-state index in [9.17, 15) is 10.1 Å². The fraction of sp³-hybridized carbons (Fsp3) is 0.100. The highest BCUT2D eigenvalue weighted by Gasteiger charge is 2.16. The van der Waals surface area contributed by atoms with Crippen LogP contribution in [0.1, 0.15) is 5.56 Å². The molecule has 4 aromatic rings. The monoisotopic (exact) mass is 404 g/mol. The van der Waals surface area contributed by atoms with Crippen LogP contribution in [0, 0.1) is 11.3 Å². The minimum Gasteiger partial charge on any atom is -0.497 e. The third-order valence-electron chi connectivity index (χ3n) is 4.16. The van der Waals surface area contributed by atoms with Gasteiger partial charge in [0, 0.05) is 6.07 Å². The number of thioether (sulfide) groups is 1. The lowest BCUT2D eigenvalue weighted by Crippen LogP contribution is -2.17. The van der Waals surface area contributed by atoms with Crippen LogP contribution in [0.5, 0.6) is 5.75 Å². The van der Waals surface area contributed by atoms with Crippen molar-refractivity contribution in [3.8, 4) is 17.5 Å². The molecule has 0 aliphatic carbocycles. The Morgan fingerprint density at radius 3 is 2.90 bits per heavy atom. The van der Waals surface area contributed by atoms with E-state index in [0.29, 0.717) is 16.5 Å². The molecule has 0 spiro atoms. The maximum Gasteiger partial charge on any atom is 0.236 e. The molecule has 8 nitrogen and oxygen atoms in total. The van der Waals surface area contributed by atoms with Crippen LogP contribution < -0.4 is 10.1 Å². The lowest BCUT2D eigenvalue weighted by atomic mass is 10.3. The van der Waals surface area contributed by atoms with Crippen LogP contribution in [0.15, 0.2) is 59.9 Å². The number of carbonyl (C=O) groups excluding carboxylic acids is 1. The van der Waals surface area contributed by atoms with Crippen LogP contribution >= 0.6 is 11.8 Å². The first-order valence-corrected chi connectivity index (χ1v) is 9.66. The van der Waals surface area contributed by atoms with Crippen LogP contribution in [0.4, 0.5) is 5.82 Å². The van der Waals surface area contributed by atoms with Crippen LogP contribution in [0.25, 0.3) is 16.7 Å². The zero-order valence-electron chi connectivity index (χ0n) is 15.4. The SMILES string of the molecule is COc1ccc2nc(SCC(=O)Nc3c(C#N)cnn3-c3ccccc3)[nH]c2c1. The first-order valence-electron chi connectivity index (χ1n) is 8.68. The van der Waals surface area contributed by atoms with Crippen molar-refractivity contribution in [1.82, 2.24) is 19.7 Å². The molecule has 0 unspecified atom stereocenters. The highest BCUT2D eigenvalue weighted by atomic mass is 32.2. The number of carbonyl (C=O) groups is 1. The normalized spacial score (nSPS) is 10.6. The fourth-order valence-corrected chi connectivity index (χ4v) is 3.46. The van der Waals surface area contributed by atoms with Crippen LogP contribution in [0.3, 0.4) is 0 Å². The van der Waals surface area contributed by atoms with Crippen molar-refractivity contribution >= 4 is 34.5 Å². The summed E-state index contributed by atoms with van der Waals surface area (Å²) in [7, 11) is 1.60. The Kier molecular flexibility index (Phi) is 5.18. The summed E-state index contributed by atoms with van der Waals surface area (Å²) in [5.74, 6) is 0.941. The molecule has 2 heterocycles. The number of anilines is 1. The number of aromatic amines is 1. The molecule has 0 atom stereocenters. The van der Waals surface area contributed by atoms with Gasteiger partial charge in [0.15, 0.2) is 11.0 Å². The Labute approximate surface area is 170 Å². The molecular weight excluding hydrogens is 388 g/mol. The number of hydrogen-bond donors (Lipinski definition) is 2. The summed E-state index contributed by atoms with van der Waals surface area (Å²) < 4.78 is 6.74. The molecule has 1 amide bonds. The first kappa shape index (κ1) is 18.6. The molecule has 2 N–H and O–H groups in total. The Morgan fingerprint density at radius 2 is 2.14 bits per heavy atom. The van der Waals surface area contributed by atoms with Gasteiger partial charge in [-0.05, 0) is 24.3 Å². The van der Waals surface area contributed by atoms with E-state index in [1.165, 1.54) is 22.6 Å². The molecule has 2 aromatic carbocycles. The second-order valence-electron chi connectivity index (χ2n) is 6.03. The number of H-pyrrole nitrogens is 1. The van der Waals surface area contributed by atoms with Gasteiger partial charge in [-0.3, -0.25) is 4.79 Å². The molecule has 0 saturated carbocycles. The Hall–Kier alpha value is -3.77. The molecular formula is C20H16N6O2S. The maximum absolute atomic E-state index is 12.5. The molecule has 29 heavy (non-hydrogen) atoms. The number of aromatic nitrogens is 4. The van der Waals surface area contributed by atoms with Crippen molar-refractivity contribution in [2.24, 2.45) is 0 Å². The van der Waals surface area contributed by atoms with Gasteiger partial charge in [-0.15, -0.1) is 0 Å². The topological polar surface area (TPSA) is 109 Å². The van der Waals surface area contributed by atoms with Crippen molar-refractivity contribution in [2.75, 3.05) is 18.2 Å². The zero-order chi connectivity index (χ0) is 20.2. The van der Waals surface area contributed by atoms with Crippen molar-refractivity contribution in [3.63, 3.8) is 0 Å². The molecule has 0 fully saturated rings. The fourth-order valence-electron chi connectivity index (χ4n) is 2.78. The smallest absolute Gasteiger partial charge is 0.236 e. The van der Waals surface area contributed by atoms with Crippen LogP contribution in [-0.2, 0) is 4.79 Å². The quantitative estimate of drug-likeness (QED) is 0.477. The number of nitrogens with one attached hydrogen (secondary N) is 2. The minimum absolute atomic E-state index is 0.127. The number of benzene rings is 2. The van der Waals surface area contributed by atoms with E-state index in [-0.39, 0.29) is 11.7 Å². The second kappa shape index (κ2) is 8.08. The number of para-hydroxylation sites is 1. The van der Waals surface area contributed by atoms with Gasteiger partial charge in [-0.25, -0.2) is 9.67 Å². The van der Waals surface area contributed by atoms with Gasteiger partial charge < -0.3 is 15.0 Å². The first-order chi connectivity index (χ1) is 14.2. The van der Waals surface area contributed by atoms with Gasteiger partial charge in [0.2, 0.25) is 5.91 Å².